The standard InChI is InChI=1S/C6H10BrF3O2/c1-2-3-4-12-5(7,11)6(8,9)10/h11H,2-4H2,1H3. The molecule has 0 aliphatic rings. The van der Waals surface area contributed by atoms with Gasteiger partial charge in [-0.2, -0.15) is 13.2 Å². The van der Waals surface area contributed by atoms with Crippen molar-refractivity contribution in [3.05, 3.63) is 0 Å². The lowest BCUT2D eigenvalue weighted by Crippen LogP contribution is -2.41. The van der Waals surface area contributed by atoms with Gasteiger partial charge >= 0.3 is 10.9 Å². The van der Waals surface area contributed by atoms with E-state index < -0.39 is 10.9 Å². The molecule has 0 fully saturated rings. The summed E-state index contributed by atoms with van der Waals surface area (Å²) in [5, 5.41) is 8.65. The summed E-state index contributed by atoms with van der Waals surface area (Å²) in [6, 6.07) is 0. The molecule has 0 heterocycles. The minimum Gasteiger partial charge on any atom is -0.350 e. The molecule has 0 aromatic carbocycles. The molecule has 0 aromatic rings. The maximum atomic E-state index is 11.8. The Bertz CT molecular complexity index is 135. The molecule has 0 radical (unpaired) electrons. The number of halogens is 4. The van der Waals surface area contributed by atoms with Gasteiger partial charge in [-0.05, 0) is 22.4 Å². The van der Waals surface area contributed by atoms with Crippen LogP contribution in [0, 0.1) is 0 Å². The quantitative estimate of drug-likeness (QED) is 0.472. The number of hydrogen-bond acceptors (Lipinski definition) is 2. The summed E-state index contributed by atoms with van der Waals surface area (Å²) in [7, 11) is 0. The molecule has 6 heteroatoms. The largest absolute Gasteiger partial charge is 0.454 e. The minimum absolute atomic E-state index is 0.127. The fourth-order valence-corrected chi connectivity index (χ4v) is 0.595. The van der Waals surface area contributed by atoms with Crippen LogP contribution < -0.4 is 0 Å². The zero-order chi connectivity index (χ0) is 9.83. The van der Waals surface area contributed by atoms with Crippen LogP contribution in [0.2, 0.25) is 0 Å². The van der Waals surface area contributed by atoms with E-state index in [9.17, 15) is 13.2 Å². The van der Waals surface area contributed by atoms with Crippen molar-refractivity contribution in [2.75, 3.05) is 6.61 Å². The van der Waals surface area contributed by atoms with Gasteiger partial charge in [0, 0.05) is 0 Å². The van der Waals surface area contributed by atoms with E-state index in [-0.39, 0.29) is 6.61 Å². The van der Waals surface area contributed by atoms with Crippen LogP contribution in [0.25, 0.3) is 0 Å². The molecule has 0 saturated carbocycles. The van der Waals surface area contributed by atoms with Crippen LogP contribution in [0.15, 0.2) is 0 Å². The van der Waals surface area contributed by atoms with Crippen molar-refractivity contribution in [3.8, 4) is 0 Å². The summed E-state index contributed by atoms with van der Waals surface area (Å²) in [5.41, 5.74) is 0. The van der Waals surface area contributed by atoms with Crippen LogP contribution in [0.1, 0.15) is 19.8 Å². The van der Waals surface area contributed by atoms with E-state index in [1.807, 2.05) is 22.9 Å². The third kappa shape index (κ3) is 3.73. The topological polar surface area (TPSA) is 29.5 Å². The smallest absolute Gasteiger partial charge is 0.350 e. The number of ether oxygens (including phenoxy) is 1. The number of aliphatic hydroxyl groups is 1. The van der Waals surface area contributed by atoms with Crippen molar-refractivity contribution in [3.63, 3.8) is 0 Å². The van der Waals surface area contributed by atoms with Gasteiger partial charge in [-0.3, -0.25) is 0 Å². The zero-order valence-corrected chi connectivity index (χ0v) is 8.07. The first-order valence-electron chi connectivity index (χ1n) is 3.43. The lowest BCUT2D eigenvalue weighted by molar-refractivity contribution is -0.311. The molecule has 0 aliphatic heterocycles. The van der Waals surface area contributed by atoms with Crippen molar-refractivity contribution >= 4 is 15.9 Å². The van der Waals surface area contributed by atoms with E-state index in [1.165, 1.54) is 0 Å². The predicted octanol–water partition coefficient (Wildman–Crippen LogP) is 2.41. The van der Waals surface area contributed by atoms with E-state index in [1.54, 1.807) is 0 Å². The fourth-order valence-electron chi connectivity index (χ4n) is 0.434. The number of alkyl halides is 4. The Morgan fingerprint density at radius 2 is 1.92 bits per heavy atom. The molecule has 2 nitrogen and oxygen atoms in total. The van der Waals surface area contributed by atoms with Crippen molar-refractivity contribution in [2.45, 2.75) is 30.6 Å². The number of rotatable bonds is 4. The molecule has 74 valence electrons. The molecule has 1 unspecified atom stereocenters. The predicted molar refractivity (Wildman–Crippen MR) is 40.8 cm³/mol. The van der Waals surface area contributed by atoms with Crippen LogP contribution in [0.3, 0.4) is 0 Å². The second kappa shape index (κ2) is 4.43. The molecule has 12 heavy (non-hydrogen) atoms. The van der Waals surface area contributed by atoms with Gasteiger partial charge in [0.1, 0.15) is 0 Å². The second-order valence-corrected chi connectivity index (χ2v) is 3.34. The average molecular weight is 251 g/mol. The van der Waals surface area contributed by atoms with Crippen LogP contribution >= 0.6 is 15.9 Å². The van der Waals surface area contributed by atoms with Gasteiger partial charge in [0.2, 0.25) is 0 Å². The van der Waals surface area contributed by atoms with Crippen LogP contribution in [-0.4, -0.2) is 22.6 Å². The van der Waals surface area contributed by atoms with Crippen molar-refractivity contribution < 1.29 is 23.0 Å². The highest BCUT2D eigenvalue weighted by Gasteiger charge is 2.53. The molecule has 0 rings (SSSR count). The summed E-state index contributed by atoms with van der Waals surface area (Å²) in [4.78, 5) is 0. The Hall–Kier alpha value is 0.190. The number of hydrogen-bond donors (Lipinski definition) is 1. The SMILES string of the molecule is CCCCOC(O)(Br)C(F)(F)F. The monoisotopic (exact) mass is 250 g/mol. The minimum atomic E-state index is -4.80. The third-order valence-electron chi connectivity index (χ3n) is 1.14. The summed E-state index contributed by atoms with van der Waals surface area (Å²) in [6.45, 7) is 1.68. The van der Waals surface area contributed by atoms with Gasteiger partial charge in [-0.1, -0.05) is 13.3 Å². The summed E-state index contributed by atoms with van der Waals surface area (Å²) >= 11 is 2.04. The molecule has 1 atom stereocenters. The Morgan fingerprint density at radius 1 is 1.42 bits per heavy atom. The maximum Gasteiger partial charge on any atom is 0.454 e. The number of unbranched alkanes of at least 4 members (excludes halogenated alkanes) is 1. The Kier molecular flexibility index (Phi) is 4.50. The van der Waals surface area contributed by atoms with Crippen molar-refractivity contribution in [1.29, 1.82) is 0 Å². The molecule has 0 bridgehead atoms. The van der Waals surface area contributed by atoms with E-state index in [4.69, 9.17) is 5.11 Å². The van der Waals surface area contributed by atoms with Crippen LogP contribution in [-0.2, 0) is 4.74 Å². The molecule has 0 aliphatic carbocycles. The lowest BCUT2D eigenvalue weighted by atomic mass is 10.4. The van der Waals surface area contributed by atoms with E-state index in [0.717, 1.165) is 0 Å². The summed E-state index contributed by atoms with van der Waals surface area (Å²) in [5.74, 6) is 0. The van der Waals surface area contributed by atoms with Gasteiger partial charge in [0.15, 0.2) is 0 Å². The van der Waals surface area contributed by atoms with Gasteiger partial charge < -0.3 is 9.84 Å². The van der Waals surface area contributed by atoms with Crippen LogP contribution in [0.5, 0.6) is 0 Å². The lowest BCUT2D eigenvalue weighted by Gasteiger charge is -2.23. The highest BCUT2D eigenvalue weighted by molar-refractivity contribution is 9.10. The molecular weight excluding hydrogens is 241 g/mol. The van der Waals surface area contributed by atoms with Crippen LogP contribution in [0.4, 0.5) is 13.2 Å². The molecule has 0 saturated heterocycles. The Morgan fingerprint density at radius 3 is 2.25 bits per heavy atom. The fraction of sp³-hybridized carbons (Fsp3) is 1.00. The molecule has 0 amide bonds. The summed E-state index contributed by atoms with van der Waals surface area (Å²) < 4.78 is 36.5. The molecular formula is C6H10BrF3O2. The summed E-state index contributed by atoms with van der Waals surface area (Å²) in [6.07, 6.45) is -3.62. The second-order valence-electron chi connectivity index (χ2n) is 2.26. The highest BCUT2D eigenvalue weighted by Crippen LogP contribution is 2.36. The van der Waals surface area contributed by atoms with Crippen molar-refractivity contribution in [1.82, 2.24) is 0 Å². The maximum absolute atomic E-state index is 11.8. The van der Waals surface area contributed by atoms with Gasteiger partial charge in [0.05, 0.1) is 6.61 Å². The van der Waals surface area contributed by atoms with Gasteiger partial charge in [0.25, 0.3) is 0 Å². The zero-order valence-electron chi connectivity index (χ0n) is 6.49. The first kappa shape index (κ1) is 12.2. The molecule has 0 spiro atoms. The Labute approximate surface area is 76.8 Å². The molecule has 1 N–H and O–H groups in total. The third-order valence-corrected chi connectivity index (χ3v) is 1.82. The average Bonchev–Trinajstić information content (AvgIpc) is 1.85. The Balaban J connectivity index is 3.88. The first-order chi connectivity index (χ1) is 5.31. The molecule has 0 aromatic heterocycles. The van der Waals surface area contributed by atoms with E-state index in [2.05, 4.69) is 4.74 Å². The van der Waals surface area contributed by atoms with E-state index in [0.29, 0.717) is 12.8 Å². The van der Waals surface area contributed by atoms with E-state index >= 15 is 0 Å². The van der Waals surface area contributed by atoms with Gasteiger partial charge in [-0.25, -0.2) is 0 Å². The van der Waals surface area contributed by atoms with Gasteiger partial charge in [-0.15, -0.1) is 0 Å². The first-order valence-corrected chi connectivity index (χ1v) is 4.22. The normalized spacial score (nSPS) is 17.5. The highest BCUT2D eigenvalue weighted by atomic mass is 79.9. The van der Waals surface area contributed by atoms with Crippen molar-refractivity contribution in [2.24, 2.45) is 0 Å².